The summed E-state index contributed by atoms with van der Waals surface area (Å²) in [7, 11) is 1.80. The van der Waals surface area contributed by atoms with Gasteiger partial charge in [0.25, 0.3) is 5.91 Å². The highest BCUT2D eigenvalue weighted by molar-refractivity contribution is 5.94. The summed E-state index contributed by atoms with van der Waals surface area (Å²) in [5.74, 6) is -2.15. The lowest BCUT2D eigenvalue weighted by molar-refractivity contribution is -0.136. The minimum Gasteiger partial charge on any atom is -0.341 e. The number of carbonyl (C=O) groups is 2. The van der Waals surface area contributed by atoms with E-state index in [2.05, 4.69) is 45.0 Å². The molecule has 0 unspecified atom stereocenters. The molecule has 1 heterocycles. The maximum Gasteiger partial charge on any atom is 0.256 e. The van der Waals surface area contributed by atoms with Gasteiger partial charge in [-0.25, -0.2) is 8.78 Å². The van der Waals surface area contributed by atoms with E-state index in [4.69, 9.17) is 0 Å². The average molecular weight is 429 g/mol. The standard InChI is InChI=1S/C25H30F2N2O2/c1-25(2,3)19-7-5-17(6-8-19)16-28(4)23(30)18-11-13-29(14-12-18)24(31)21-10-9-20(26)15-22(21)27/h5-10,15,18H,11-14,16H2,1-4H3. The summed E-state index contributed by atoms with van der Waals surface area (Å²) in [4.78, 5) is 28.7. The molecule has 31 heavy (non-hydrogen) atoms. The second kappa shape index (κ2) is 9.16. The van der Waals surface area contributed by atoms with Gasteiger partial charge in [-0.2, -0.15) is 0 Å². The molecule has 0 bridgehead atoms. The Hall–Kier alpha value is -2.76. The van der Waals surface area contributed by atoms with E-state index < -0.39 is 17.5 Å². The van der Waals surface area contributed by atoms with E-state index in [1.165, 1.54) is 16.5 Å². The first-order valence-electron chi connectivity index (χ1n) is 10.6. The third kappa shape index (κ3) is 5.49. The van der Waals surface area contributed by atoms with Crippen LogP contribution in [0, 0.1) is 17.6 Å². The summed E-state index contributed by atoms with van der Waals surface area (Å²) in [6, 6.07) is 11.3. The number of amides is 2. The van der Waals surface area contributed by atoms with E-state index in [0.29, 0.717) is 38.5 Å². The molecular weight excluding hydrogens is 398 g/mol. The third-order valence-electron chi connectivity index (χ3n) is 5.91. The van der Waals surface area contributed by atoms with Crippen LogP contribution in [0.3, 0.4) is 0 Å². The lowest BCUT2D eigenvalue weighted by Crippen LogP contribution is -2.43. The number of piperidine rings is 1. The molecule has 0 spiro atoms. The van der Waals surface area contributed by atoms with Crippen molar-refractivity contribution in [1.29, 1.82) is 0 Å². The number of likely N-dealkylation sites (tertiary alicyclic amines) is 1. The first kappa shape index (κ1) is 22.9. The largest absolute Gasteiger partial charge is 0.341 e. The van der Waals surface area contributed by atoms with Crippen LogP contribution in [0.5, 0.6) is 0 Å². The number of rotatable bonds is 4. The SMILES string of the molecule is CN(Cc1ccc(C(C)(C)C)cc1)C(=O)C1CCN(C(=O)c2ccc(F)cc2F)CC1. The molecule has 2 amide bonds. The van der Waals surface area contributed by atoms with Gasteiger partial charge in [0.15, 0.2) is 0 Å². The highest BCUT2D eigenvalue weighted by Crippen LogP contribution is 2.24. The van der Waals surface area contributed by atoms with Crippen molar-refractivity contribution in [1.82, 2.24) is 9.80 Å². The summed E-state index contributed by atoms with van der Waals surface area (Å²) >= 11 is 0. The Bertz CT molecular complexity index is 943. The van der Waals surface area contributed by atoms with Crippen molar-refractivity contribution >= 4 is 11.8 Å². The van der Waals surface area contributed by atoms with Gasteiger partial charge >= 0.3 is 0 Å². The van der Waals surface area contributed by atoms with Gasteiger partial charge in [0, 0.05) is 38.7 Å². The number of hydrogen-bond donors (Lipinski definition) is 0. The molecule has 166 valence electrons. The van der Waals surface area contributed by atoms with E-state index in [1.807, 2.05) is 0 Å². The van der Waals surface area contributed by atoms with Crippen LogP contribution in [0.15, 0.2) is 42.5 Å². The molecule has 3 rings (SSSR count). The molecule has 1 aliphatic rings. The fraction of sp³-hybridized carbons (Fsp3) is 0.440. The normalized spacial score (nSPS) is 15.1. The van der Waals surface area contributed by atoms with Gasteiger partial charge in [-0.05, 0) is 41.5 Å². The van der Waals surface area contributed by atoms with Crippen LogP contribution in [0.1, 0.15) is 55.1 Å². The van der Waals surface area contributed by atoms with Crippen molar-refractivity contribution in [3.05, 3.63) is 70.8 Å². The van der Waals surface area contributed by atoms with Gasteiger partial charge in [-0.3, -0.25) is 9.59 Å². The molecule has 2 aromatic carbocycles. The smallest absolute Gasteiger partial charge is 0.256 e. The second-order valence-electron chi connectivity index (χ2n) is 9.33. The van der Waals surface area contributed by atoms with Crippen LogP contribution in [0.25, 0.3) is 0 Å². The first-order valence-corrected chi connectivity index (χ1v) is 10.6. The van der Waals surface area contributed by atoms with Crippen LogP contribution in [-0.2, 0) is 16.8 Å². The summed E-state index contributed by atoms with van der Waals surface area (Å²) in [5, 5.41) is 0. The van der Waals surface area contributed by atoms with E-state index >= 15 is 0 Å². The maximum absolute atomic E-state index is 13.9. The van der Waals surface area contributed by atoms with E-state index in [1.54, 1.807) is 11.9 Å². The number of benzene rings is 2. The zero-order chi connectivity index (χ0) is 22.8. The molecule has 1 fully saturated rings. The minimum absolute atomic E-state index is 0.0555. The van der Waals surface area contributed by atoms with E-state index in [0.717, 1.165) is 11.6 Å². The molecule has 0 N–H and O–H groups in total. The number of carbonyl (C=O) groups excluding carboxylic acids is 2. The molecular formula is C25H30F2N2O2. The fourth-order valence-electron chi connectivity index (χ4n) is 3.94. The average Bonchev–Trinajstić information content (AvgIpc) is 2.72. The van der Waals surface area contributed by atoms with Gasteiger partial charge in [0.05, 0.1) is 5.56 Å². The first-order chi connectivity index (χ1) is 14.6. The summed E-state index contributed by atoms with van der Waals surface area (Å²) in [6.45, 7) is 7.78. The zero-order valence-electron chi connectivity index (χ0n) is 18.6. The number of halogens is 2. The van der Waals surface area contributed by atoms with Gasteiger partial charge < -0.3 is 9.80 Å². The summed E-state index contributed by atoms with van der Waals surface area (Å²) in [6.07, 6.45) is 1.06. The van der Waals surface area contributed by atoms with E-state index in [-0.39, 0.29) is 22.8 Å². The Morgan fingerprint density at radius 2 is 1.65 bits per heavy atom. The Kier molecular flexibility index (Phi) is 6.77. The van der Waals surface area contributed by atoms with Crippen molar-refractivity contribution in [2.24, 2.45) is 5.92 Å². The lowest BCUT2D eigenvalue weighted by atomic mass is 9.86. The van der Waals surface area contributed by atoms with Crippen LogP contribution in [-0.4, -0.2) is 41.8 Å². The summed E-state index contributed by atoms with van der Waals surface area (Å²) < 4.78 is 27.0. The predicted octanol–water partition coefficient (Wildman–Crippen LogP) is 4.77. The molecule has 0 saturated carbocycles. The quantitative estimate of drug-likeness (QED) is 0.704. The molecule has 1 saturated heterocycles. The zero-order valence-corrected chi connectivity index (χ0v) is 18.6. The second-order valence-corrected chi connectivity index (χ2v) is 9.33. The molecule has 4 nitrogen and oxygen atoms in total. The highest BCUT2D eigenvalue weighted by Gasteiger charge is 2.30. The Balaban J connectivity index is 1.55. The molecule has 2 aromatic rings. The Labute approximate surface area is 182 Å². The van der Waals surface area contributed by atoms with Gasteiger partial charge in [-0.1, -0.05) is 45.0 Å². The number of nitrogens with zero attached hydrogens (tertiary/aromatic N) is 2. The molecule has 0 atom stereocenters. The van der Waals surface area contributed by atoms with Crippen molar-refractivity contribution in [3.63, 3.8) is 0 Å². The van der Waals surface area contributed by atoms with Crippen LogP contribution in [0.2, 0.25) is 0 Å². The van der Waals surface area contributed by atoms with Gasteiger partial charge in [0.1, 0.15) is 11.6 Å². The minimum atomic E-state index is -0.861. The highest BCUT2D eigenvalue weighted by atomic mass is 19.1. The van der Waals surface area contributed by atoms with Crippen molar-refractivity contribution in [2.45, 2.75) is 45.6 Å². The van der Waals surface area contributed by atoms with Crippen LogP contribution < -0.4 is 0 Å². The molecule has 1 aliphatic heterocycles. The van der Waals surface area contributed by atoms with Crippen molar-refractivity contribution in [3.8, 4) is 0 Å². The maximum atomic E-state index is 13.9. The molecule has 0 radical (unpaired) electrons. The monoisotopic (exact) mass is 428 g/mol. The van der Waals surface area contributed by atoms with E-state index in [9.17, 15) is 18.4 Å². The van der Waals surface area contributed by atoms with Crippen molar-refractivity contribution < 1.29 is 18.4 Å². The summed E-state index contributed by atoms with van der Waals surface area (Å²) in [5.41, 5.74) is 2.27. The predicted molar refractivity (Wildman–Crippen MR) is 117 cm³/mol. The molecule has 0 aromatic heterocycles. The van der Waals surface area contributed by atoms with Crippen LogP contribution in [0.4, 0.5) is 8.78 Å². The molecule has 0 aliphatic carbocycles. The Morgan fingerprint density at radius 3 is 2.19 bits per heavy atom. The van der Waals surface area contributed by atoms with Crippen molar-refractivity contribution in [2.75, 3.05) is 20.1 Å². The number of hydrogen-bond acceptors (Lipinski definition) is 2. The van der Waals surface area contributed by atoms with Gasteiger partial charge in [0.2, 0.25) is 5.91 Å². The molecule has 6 heteroatoms. The third-order valence-corrected chi connectivity index (χ3v) is 5.91. The lowest BCUT2D eigenvalue weighted by Gasteiger charge is -2.33. The van der Waals surface area contributed by atoms with Gasteiger partial charge in [-0.15, -0.1) is 0 Å². The fourth-order valence-corrected chi connectivity index (χ4v) is 3.94. The topological polar surface area (TPSA) is 40.6 Å². The Morgan fingerprint density at radius 1 is 1.03 bits per heavy atom. The van der Waals surface area contributed by atoms with Crippen LogP contribution >= 0.6 is 0 Å².